The van der Waals surface area contributed by atoms with E-state index in [1.165, 1.54) is 10.5 Å². The molecule has 0 fully saturated rings. The van der Waals surface area contributed by atoms with Crippen LogP contribution >= 0.6 is 11.8 Å². The molecule has 0 heterocycles. The second-order valence-corrected chi connectivity index (χ2v) is 2.86. The molecule has 1 rings (SSSR count). The Morgan fingerprint density at radius 1 is 1.33 bits per heavy atom. The van der Waals surface area contributed by atoms with Crippen LogP contribution in [0.25, 0.3) is 0 Å². The summed E-state index contributed by atoms with van der Waals surface area (Å²) in [7, 11) is 0. The maximum absolute atomic E-state index is 5.51. The predicted octanol–water partition coefficient (Wildman–Crippen LogP) is 2.12. The highest BCUT2D eigenvalue weighted by molar-refractivity contribution is 7.98. The van der Waals surface area contributed by atoms with Gasteiger partial charge in [-0.1, -0.05) is 18.2 Å². The van der Waals surface area contributed by atoms with E-state index in [0.29, 0.717) is 6.54 Å². The molecule has 12 heavy (non-hydrogen) atoms. The van der Waals surface area contributed by atoms with Crippen molar-refractivity contribution in [1.29, 1.82) is 0 Å². The summed E-state index contributed by atoms with van der Waals surface area (Å²) in [5, 5.41) is 0. The lowest BCUT2D eigenvalue weighted by Gasteiger charge is -2.01. The van der Waals surface area contributed by atoms with Gasteiger partial charge in [-0.15, -0.1) is 24.6 Å². The van der Waals surface area contributed by atoms with Gasteiger partial charge < -0.3 is 5.73 Å². The minimum atomic E-state index is 0.636. The van der Waals surface area contributed by atoms with Crippen molar-refractivity contribution in [2.45, 2.75) is 11.4 Å². The smallest absolute Gasteiger partial charge is 0.0189 e. The van der Waals surface area contributed by atoms with Gasteiger partial charge in [0.15, 0.2) is 0 Å². The highest BCUT2D eigenvalue weighted by Crippen LogP contribution is 2.18. The lowest BCUT2D eigenvalue weighted by Crippen LogP contribution is -1.97. The van der Waals surface area contributed by atoms with Crippen molar-refractivity contribution in [3.63, 3.8) is 0 Å². The summed E-state index contributed by atoms with van der Waals surface area (Å²) in [4.78, 5) is 1.28. The summed E-state index contributed by atoms with van der Waals surface area (Å²) in [6.45, 7) is 0.636. The third-order valence-electron chi connectivity index (χ3n) is 1.41. The summed E-state index contributed by atoms with van der Waals surface area (Å²) in [6.07, 6.45) is 10.1. The van der Waals surface area contributed by atoms with Crippen molar-refractivity contribution < 1.29 is 0 Å². The molecule has 2 N–H and O–H groups in total. The predicted molar refractivity (Wildman–Crippen MR) is 56.0 cm³/mol. The zero-order valence-electron chi connectivity index (χ0n) is 7.16. The van der Waals surface area contributed by atoms with Crippen molar-refractivity contribution in [2.75, 3.05) is 6.26 Å². The summed E-state index contributed by atoms with van der Waals surface area (Å²) >= 11 is 1.74. The van der Waals surface area contributed by atoms with Gasteiger partial charge in [0, 0.05) is 11.4 Å². The minimum absolute atomic E-state index is 0.636. The molecule has 0 aromatic heterocycles. The lowest BCUT2D eigenvalue weighted by molar-refractivity contribution is 1.03. The number of rotatable bonds is 2. The first kappa shape index (κ1) is 11.1. The molecule has 0 aliphatic carbocycles. The van der Waals surface area contributed by atoms with Crippen LogP contribution in [0.3, 0.4) is 0 Å². The molecule has 64 valence electrons. The Balaban J connectivity index is 0.000000561. The van der Waals surface area contributed by atoms with E-state index in [9.17, 15) is 0 Å². The van der Waals surface area contributed by atoms with Gasteiger partial charge in [0.25, 0.3) is 0 Å². The van der Waals surface area contributed by atoms with Crippen molar-refractivity contribution in [3.05, 3.63) is 29.8 Å². The Hall–Kier alpha value is -0.910. The molecular weight excluding hydrogens is 166 g/mol. The molecule has 1 aromatic rings. The number of terminal acetylenes is 1. The molecule has 0 bridgehead atoms. The number of thioether (sulfide) groups is 1. The van der Waals surface area contributed by atoms with Gasteiger partial charge in [0.2, 0.25) is 0 Å². The Morgan fingerprint density at radius 3 is 2.33 bits per heavy atom. The molecule has 0 unspecified atom stereocenters. The Kier molecular flexibility index (Phi) is 6.26. The van der Waals surface area contributed by atoms with Gasteiger partial charge in [0.05, 0.1) is 0 Å². The molecule has 0 saturated carbocycles. The van der Waals surface area contributed by atoms with Gasteiger partial charge in [0.1, 0.15) is 0 Å². The van der Waals surface area contributed by atoms with Crippen LogP contribution in [0.5, 0.6) is 0 Å². The fourth-order valence-corrected chi connectivity index (χ4v) is 1.50. The molecule has 0 saturated heterocycles. The van der Waals surface area contributed by atoms with E-state index in [1.807, 2.05) is 12.1 Å². The third-order valence-corrected chi connectivity index (χ3v) is 2.25. The van der Waals surface area contributed by atoms with Crippen molar-refractivity contribution in [1.82, 2.24) is 0 Å². The number of hydrogen-bond donors (Lipinski definition) is 1. The maximum atomic E-state index is 5.51. The van der Waals surface area contributed by atoms with Gasteiger partial charge in [-0.2, -0.15) is 0 Å². The molecule has 0 aliphatic heterocycles. The van der Waals surface area contributed by atoms with Gasteiger partial charge in [-0.3, -0.25) is 0 Å². The molecule has 1 nitrogen and oxygen atoms in total. The largest absolute Gasteiger partial charge is 0.326 e. The molecule has 1 aromatic carbocycles. The number of benzene rings is 1. The molecule has 0 spiro atoms. The SMILES string of the molecule is C#C.CSc1ccccc1CN. The van der Waals surface area contributed by atoms with Crippen molar-refractivity contribution in [3.8, 4) is 12.8 Å². The first-order chi connectivity index (χ1) is 5.88. The summed E-state index contributed by atoms with van der Waals surface area (Å²) in [5.74, 6) is 0. The fourth-order valence-electron chi connectivity index (χ4n) is 0.872. The second kappa shape index (κ2) is 6.78. The van der Waals surface area contributed by atoms with Crippen LogP contribution in [0, 0.1) is 12.8 Å². The van der Waals surface area contributed by atoms with Crippen LogP contribution in [0.15, 0.2) is 29.2 Å². The lowest BCUT2D eigenvalue weighted by atomic mass is 10.2. The second-order valence-electron chi connectivity index (χ2n) is 2.02. The molecule has 2 heteroatoms. The molecule has 0 amide bonds. The normalized spacial score (nSPS) is 8.33. The summed E-state index contributed by atoms with van der Waals surface area (Å²) < 4.78 is 0. The monoisotopic (exact) mass is 179 g/mol. The van der Waals surface area contributed by atoms with Gasteiger partial charge in [-0.05, 0) is 17.9 Å². The van der Waals surface area contributed by atoms with E-state index in [2.05, 4.69) is 31.2 Å². The average Bonchev–Trinajstić information content (AvgIpc) is 2.20. The van der Waals surface area contributed by atoms with Gasteiger partial charge in [-0.25, -0.2) is 0 Å². The zero-order valence-corrected chi connectivity index (χ0v) is 7.97. The van der Waals surface area contributed by atoms with Gasteiger partial charge >= 0.3 is 0 Å². The first-order valence-corrected chi connectivity index (χ1v) is 4.76. The zero-order chi connectivity index (χ0) is 9.40. The van der Waals surface area contributed by atoms with Crippen LogP contribution in [0.2, 0.25) is 0 Å². The first-order valence-electron chi connectivity index (χ1n) is 3.53. The van der Waals surface area contributed by atoms with Crippen LogP contribution in [-0.2, 0) is 6.54 Å². The van der Waals surface area contributed by atoms with E-state index in [4.69, 9.17) is 5.73 Å². The van der Waals surface area contributed by atoms with Crippen LogP contribution in [0.1, 0.15) is 5.56 Å². The summed E-state index contributed by atoms with van der Waals surface area (Å²) in [6, 6.07) is 8.20. The number of hydrogen-bond acceptors (Lipinski definition) is 2. The Labute approximate surface area is 78.4 Å². The molecule has 0 aliphatic rings. The van der Waals surface area contributed by atoms with Crippen LogP contribution in [0.4, 0.5) is 0 Å². The average molecular weight is 179 g/mol. The maximum Gasteiger partial charge on any atom is 0.0189 e. The Morgan fingerprint density at radius 2 is 1.92 bits per heavy atom. The van der Waals surface area contributed by atoms with Crippen LogP contribution in [-0.4, -0.2) is 6.26 Å². The number of nitrogens with two attached hydrogens (primary N) is 1. The Bertz CT molecular complexity index is 220. The topological polar surface area (TPSA) is 26.0 Å². The van der Waals surface area contributed by atoms with E-state index in [1.54, 1.807) is 11.8 Å². The molecular formula is C10H13NS. The van der Waals surface area contributed by atoms with Crippen LogP contribution < -0.4 is 5.73 Å². The third kappa shape index (κ3) is 3.00. The van der Waals surface area contributed by atoms with Crippen molar-refractivity contribution >= 4 is 11.8 Å². The van der Waals surface area contributed by atoms with E-state index in [-0.39, 0.29) is 0 Å². The van der Waals surface area contributed by atoms with E-state index in [0.717, 1.165) is 0 Å². The fraction of sp³-hybridized carbons (Fsp3) is 0.200. The van der Waals surface area contributed by atoms with E-state index >= 15 is 0 Å². The minimum Gasteiger partial charge on any atom is -0.326 e. The molecule has 0 radical (unpaired) electrons. The quantitative estimate of drug-likeness (QED) is 0.556. The highest BCUT2D eigenvalue weighted by Gasteiger charge is 1.94. The summed E-state index contributed by atoms with van der Waals surface area (Å²) in [5.41, 5.74) is 6.74. The van der Waals surface area contributed by atoms with E-state index < -0.39 is 0 Å². The standard InChI is InChI=1S/C8H11NS.C2H2/c1-10-8-5-3-2-4-7(8)6-9;1-2/h2-5H,6,9H2,1H3;1-2H. The molecule has 0 atom stereocenters. The van der Waals surface area contributed by atoms with Crippen molar-refractivity contribution in [2.24, 2.45) is 5.73 Å². The highest BCUT2D eigenvalue weighted by atomic mass is 32.2.